The molecule has 0 radical (unpaired) electrons. The minimum Gasteiger partial charge on any atom is -0.382 e. The fourth-order valence-corrected chi connectivity index (χ4v) is 1.03. The van der Waals surface area contributed by atoms with Crippen LogP contribution in [-0.2, 0) is 14.2 Å². The summed E-state index contributed by atoms with van der Waals surface area (Å²) >= 11 is 0. The van der Waals surface area contributed by atoms with Gasteiger partial charge in [-0.05, 0) is 6.42 Å². The highest BCUT2D eigenvalue weighted by molar-refractivity contribution is 4.77. The van der Waals surface area contributed by atoms with Gasteiger partial charge in [-0.2, -0.15) is 0 Å². The van der Waals surface area contributed by atoms with E-state index in [1.54, 1.807) is 21.3 Å². The monoisotopic (exact) mass is 162 g/mol. The highest BCUT2D eigenvalue weighted by Gasteiger charge is 2.27. The number of ether oxygens (including phenoxy) is 3. The minimum absolute atomic E-state index is 0.260. The lowest BCUT2D eigenvalue weighted by atomic mass is 10.0. The first-order valence-electron chi connectivity index (χ1n) is 3.77. The van der Waals surface area contributed by atoms with E-state index in [9.17, 15) is 0 Å². The Morgan fingerprint density at radius 2 is 1.45 bits per heavy atom. The molecular weight excluding hydrogens is 144 g/mol. The molecule has 0 heterocycles. The van der Waals surface area contributed by atoms with E-state index in [0.717, 1.165) is 6.42 Å². The molecule has 11 heavy (non-hydrogen) atoms. The fourth-order valence-electron chi connectivity index (χ4n) is 1.03. The first-order chi connectivity index (χ1) is 5.24. The number of rotatable bonds is 6. The molecule has 0 rings (SSSR count). The Balaban J connectivity index is 3.96. The van der Waals surface area contributed by atoms with E-state index in [-0.39, 0.29) is 5.60 Å². The predicted octanol–water partition coefficient (Wildman–Crippen LogP) is 1.07. The fraction of sp³-hybridized carbons (Fsp3) is 1.00. The van der Waals surface area contributed by atoms with Crippen LogP contribution in [0.5, 0.6) is 0 Å². The summed E-state index contributed by atoms with van der Waals surface area (Å²) in [6.45, 7) is 3.21. The van der Waals surface area contributed by atoms with Crippen LogP contribution >= 0.6 is 0 Å². The van der Waals surface area contributed by atoms with Crippen molar-refractivity contribution in [2.75, 3.05) is 34.5 Å². The third-order valence-corrected chi connectivity index (χ3v) is 1.89. The predicted molar refractivity (Wildman–Crippen MR) is 43.8 cm³/mol. The average molecular weight is 162 g/mol. The zero-order chi connectivity index (χ0) is 8.74. The molecule has 0 aliphatic heterocycles. The maximum absolute atomic E-state index is 5.32. The van der Waals surface area contributed by atoms with Gasteiger partial charge in [0.1, 0.15) is 5.60 Å². The Labute approximate surface area is 68.6 Å². The number of methoxy groups -OCH3 is 3. The maximum atomic E-state index is 5.32. The van der Waals surface area contributed by atoms with Gasteiger partial charge < -0.3 is 14.2 Å². The highest BCUT2D eigenvalue weighted by atomic mass is 16.6. The van der Waals surface area contributed by atoms with Gasteiger partial charge >= 0.3 is 0 Å². The van der Waals surface area contributed by atoms with Crippen molar-refractivity contribution in [2.24, 2.45) is 0 Å². The molecule has 0 saturated heterocycles. The Bertz CT molecular complexity index is 81.3. The van der Waals surface area contributed by atoms with E-state index in [4.69, 9.17) is 14.2 Å². The van der Waals surface area contributed by atoms with Crippen LogP contribution in [0.1, 0.15) is 13.3 Å². The molecular formula is C8H18O3. The second-order valence-corrected chi connectivity index (χ2v) is 2.61. The van der Waals surface area contributed by atoms with Crippen LogP contribution in [0.2, 0.25) is 0 Å². The van der Waals surface area contributed by atoms with Crippen molar-refractivity contribution in [2.45, 2.75) is 18.9 Å². The summed E-state index contributed by atoms with van der Waals surface area (Å²) in [5.74, 6) is 0. The van der Waals surface area contributed by atoms with Crippen molar-refractivity contribution in [1.82, 2.24) is 0 Å². The molecule has 0 fully saturated rings. The van der Waals surface area contributed by atoms with Crippen molar-refractivity contribution >= 4 is 0 Å². The largest absolute Gasteiger partial charge is 0.382 e. The smallest absolute Gasteiger partial charge is 0.114 e. The molecule has 0 saturated carbocycles. The van der Waals surface area contributed by atoms with Crippen LogP contribution in [-0.4, -0.2) is 40.1 Å². The van der Waals surface area contributed by atoms with E-state index in [1.165, 1.54) is 0 Å². The van der Waals surface area contributed by atoms with Gasteiger partial charge in [-0.15, -0.1) is 0 Å². The lowest BCUT2D eigenvalue weighted by Gasteiger charge is -2.29. The lowest BCUT2D eigenvalue weighted by Crippen LogP contribution is -2.40. The van der Waals surface area contributed by atoms with Crippen molar-refractivity contribution in [3.05, 3.63) is 0 Å². The molecule has 3 nitrogen and oxygen atoms in total. The van der Waals surface area contributed by atoms with Crippen LogP contribution in [0.4, 0.5) is 0 Å². The van der Waals surface area contributed by atoms with Crippen LogP contribution in [0.25, 0.3) is 0 Å². The van der Waals surface area contributed by atoms with Crippen LogP contribution in [0, 0.1) is 0 Å². The average Bonchev–Trinajstić information content (AvgIpc) is 2.04. The van der Waals surface area contributed by atoms with E-state index in [2.05, 4.69) is 6.92 Å². The summed E-state index contributed by atoms with van der Waals surface area (Å²) in [5.41, 5.74) is -0.260. The zero-order valence-electron chi connectivity index (χ0n) is 7.85. The molecule has 68 valence electrons. The number of hydrogen-bond acceptors (Lipinski definition) is 3. The Hall–Kier alpha value is -0.120. The van der Waals surface area contributed by atoms with Crippen LogP contribution in [0.15, 0.2) is 0 Å². The summed E-state index contributed by atoms with van der Waals surface area (Å²) in [6, 6.07) is 0. The number of hydrogen-bond donors (Lipinski definition) is 0. The van der Waals surface area contributed by atoms with Crippen molar-refractivity contribution in [1.29, 1.82) is 0 Å². The normalized spacial score (nSPS) is 12.0. The zero-order valence-corrected chi connectivity index (χ0v) is 7.85. The molecule has 0 aromatic rings. The second-order valence-electron chi connectivity index (χ2n) is 2.61. The Kier molecular flexibility index (Phi) is 5.46. The molecule has 3 heteroatoms. The molecule has 0 bridgehead atoms. The summed E-state index contributed by atoms with van der Waals surface area (Å²) < 4.78 is 15.4. The third kappa shape index (κ3) is 3.18. The third-order valence-electron chi connectivity index (χ3n) is 1.89. The second kappa shape index (κ2) is 5.52. The summed E-state index contributed by atoms with van der Waals surface area (Å²) in [7, 11) is 5.01. The SMILES string of the molecule is CCC(COC)(COC)OC. The van der Waals surface area contributed by atoms with Crippen LogP contribution < -0.4 is 0 Å². The molecule has 0 aliphatic carbocycles. The molecule has 0 N–H and O–H groups in total. The van der Waals surface area contributed by atoms with Gasteiger partial charge in [0.2, 0.25) is 0 Å². The van der Waals surface area contributed by atoms with Crippen molar-refractivity contribution in [3.8, 4) is 0 Å². The molecule has 0 aromatic carbocycles. The first kappa shape index (κ1) is 10.9. The lowest BCUT2D eigenvalue weighted by molar-refractivity contribution is -0.105. The molecule has 0 aliphatic rings. The van der Waals surface area contributed by atoms with E-state index >= 15 is 0 Å². The highest BCUT2D eigenvalue weighted by Crippen LogP contribution is 2.15. The standard InChI is InChI=1S/C8H18O3/c1-5-8(11-4,6-9-2)7-10-3/h5-7H2,1-4H3. The first-order valence-corrected chi connectivity index (χ1v) is 3.77. The summed E-state index contributed by atoms with van der Waals surface area (Å²) in [6.07, 6.45) is 0.894. The molecule has 0 aromatic heterocycles. The topological polar surface area (TPSA) is 27.7 Å². The van der Waals surface area contributed by atoms with Gasteiger partial charge in [-0.3, -0.25) is 0 Å². The Morgan fingerprint density at radius 1 is 1.00 bits per heavy atom. The Morgan fingerprint density at radius 3 is 1.64 bits per heavy atom. The van der Waals surface area contributed by atoms with E-state index in [0.29, 0.717) is 13.2 Å². The van der Waals surface area contributed by atoms with Gasteiger partial charge in [-0.25, -0.2) is 0 Å². The van der Waals surface area contributed by atoms with Crippen LogP contribution in [0.3, 0.4) is 0 Å². The van der Waals surface area contributed by atoms with Gasteiger partial charge in [0, 0.05) is 21.3 Å². The van der Waals surface area contributed by atoms with Gasteiger partial charge in [0.05, 0.1) is 13.2 Å². The van der Waals surface area contributed by atoms with E-state index in [1.807, 2.05) is 0 Å². The van der Waals surface area contributed by atoms with Gasteiger partial charge in [0.25, 0.3) is 0 Å². The summed E-state index contributed by atoms with van der Waals surface area (Å²) in [5, 5.41) is 0. The van der Waals surface area contributed by atoms with Gasteiger partial charge in [0.15, 0.2) is 0 Å². The maximum Gasteiger partial charge on any atom is 0.114 e. The van der Waals surface area contributed by atoms with Crippen molar-refractivity contribution < 1.29 is 14.2 Å². The quantitative estimate of drug-likeness (QED) is 0.585. The molecule has 0 amide bonds. The molecule has 0 unspecified atom stereocenters. The van der Waals surface area contributed by atoms with Crippen molar-refractivity contribution in [3.63, 3.8) is 0 Å². The molecule has 0 spiro atoms. The van der Waals surface area contributed by atoms with Gasteiger partial charge in [-0.1, -0.05) is 6.92 Å². The molecule has 0 atom stereocenters. The van der Waals surface area contributed by atoms with E-state index < -0.39 is 0 Å². The minimum atomic E-state index is -0.260. The summed E-state index contributed by atoms with van der Waals surface area (Å²) in [4.78, 5) is 0.